The van der Waals surface area contributed by atoms with Gasteiger partial charge in [0.1, 0.15) is 10.7 Å². The number of hydrogen-bond donors (Lipinski definition) is 1. The average molecular weight is 275 g/mol. The van der Waals surface area contributed by atoms with Crippen molar-refractivity contribution in [1.82, 2.24) is 10.1 Å². The van der Waals surface area contributed by atoms with Crippen LogP contribution in [-0.2, 0) is 6.42 Å². The van der Waals surface area contributed by atoms with Crippen LogP contribution in [0.3, 0.4) is 0 Å². The highest BCUT2D eigenvalue weighted by atomic mass is 32.1. The van der Waals surface area contributed by atoms with Crippen LogP contribution in [0.2, 0.25) is 0 Å². The number of thiophene rings is 1. The van der Waals surface area contributed by atoms with Gasteiger partial charge in [0.15, 0.2) is 5.82 Å². The predicted molar refractivity (Wildman–Crippen MR) is 71.2 cm³/mol. The summed E-state index contributed by atoms with van der Waals surface area (Å²) in [6, 6.07) is 8.12. The average Bonchev–Trinajstić information content (AvgIpc) is 2.98. The Morgan fingerprint density at radius 3 is 2.95 bits per heavy atom. The molecule has 2 aromatic heterocycles. The van der Waals surface area contributed by atoms with Crippen molar-refractivity contribution < 1.29 is 8.91 Å². The minimum absolute atomic E-state index is 0.274. The summed E-state index contributed by atoms with van der Waals surface area (Å²) in [4.78, 5) is 5.03. The van der Waals surface area contributed by atoms with Crippen molar-refractivity contribution in [3.8, 4) is 10.8 Å². The van der Waals surface area contributed by atoms with E-state index < -0.39 is 0 Å². The highest BCUT2D eigenvalue weighted by Crippen LogP contribution is 2.30. The molecule has 1 aromatic carbocycles. The van der Waals surface area contributed by atoms with E-state index >= 15 is 0 Å². The van der Waals surface area contributed by atoms with Crippen LogP contribution < -0.4 is 5.73 Å². The minimum Gasteiger partial charge on any atom is -0.397 e. The topological polar surface area (TPSA) is 64.9 Å². The Morgan fingerprint density at radius 1 is 1.32 bits per heavy atom. The monoisotopic (exact) mass is 275 g/mol. The van der Waals surface area contributed by atoms with Gasteiger partial charge in [-0.3, -0.25) is 0 Å². The van der Waals surface area contributed by atoms with E-state index in [2.05, 4.69) is 10.1 Å². The van der Waals surface area contributed by atoms with Crippen LogP contribution in [0.4, 0.5) is 10.1 Å². The van der Waals surface area contributed by atoms with Gasteiger partial charge in [0.2, 0.25) is 0 Å². The van der Waals surface area contributed by atoms with Crippen LogP contribution in [0, 0.1) is 5.82 Å². The second kappa shape index (κ2) is 4.81. The SMILES string of the molecule is Nc1ccsc1-c1nc(Cc2cccc(F)c2)no1. The summed E-state index contributed by atoms with van der Waals surface area (Å²) in [5, 5.41) is 5.74. The fraction of sp³-hybridized carbons (Fsp3) is 0.0769. The number of halogens is 1. The third-order valence-corrected chi connectivity index (χ3v) is 3.53. The van der Waals surface area contributed by atoms with Gasteiger partial charge in [0.05, 0.1) is 5.69 Å². The smallest absolute Gasteiger partial charge is 0.270 e. The lowest BCUT2D eigenvalue weighted by molar-refractivity contribution is 0.425. The second-order valence-corrected chi connectivity index (χ2v) is 4.94. The van der Waals surface area contributed by atoms with E-state index in [9.17, 15) is 4.39 Å². The van der Waals surface area contributed by atoms with Crippen LogP contribution >= 0.6 is 11.3 Å². The lowest BCUT2D eigenvalue weighted by Crippen LogP contribution is -1.91. The molecule has 3 rings (SSSR count). The molecule has 0 atom stereocenters. The van der Waals surface area contributed by atoms with Gasteiger partial charge in [-0.25, -0.2) is 4.39 Å². The molecular formula is C13H10FN3OS. The Hall–Kier alpha value is -2.21. The number of nitrogens with zero attached hydrogens (tertiary/aromatic N) is 2. The number of benzene rings is 1. The Morgan fingerprint density at radius 2 is 2.21 bits per heavy atom. The van der Waals surface area contributed by atoms with E-state index in [1.54, 1.807) is 12.1 Å². The highest BCUT2D eigenvalue weighted by molar-refractivity contribution is 7.14. The minimum atomic E-state index is -0.274. The summed E-state index contributed by atoms with van der Waals surface area (Å²) in [5.74, 6) is 0.635. The molecule has 0 aliphatic heterocycles. The Balaban J connectivity index is 1.84. The fourth-order valence-corrected chi connectivity index (χ4v) is 2.48. The molecule has 0 aliphatic rings. The molecule has 2 N–H and O–H groups in total. The first kappa shape index (κ1) is 11.9. The van der Waals surface area contributed by atoms with Crippen LogP contribution in [-0.4, -0.2) is 10.1 Å². The summed E-state index contributed by atoms with van der Waals surface area (Å²) < 4.78 is 18.2. The molecule has 0 unspecified atom stereocenters. The van der Waals surface area contributed by atoms with Gasteiger partial charge in [-0.2, -0.15) is 4.98 Å². The van der Waals surface area contributed by atoms with Gasteiger partial charge in [0, 0.05) is 6.42 Å². The molecule has 19 heavy (non-hydrogen) atoms. The molecule has 0 bridgehead atoms. The first-order chi connectivity index (χ1) is 9.22. The molecule has 6 heteroatoms. The molecule has 2 heterocycles. The number of hydrogen-bond acceptors (Lipinski definition) is 5. The maximum Gasteiger partial charge on any atom is 0.270 e. The number of nitrogens with two attached hydrogens (primary N) is 1. The number of rotatable bonds is 3. The molecule has 0 spiro atoms. The maximum absolute atomic E-state index is 13.1. The third kappa shape index (κ3) is 2.48. The van der Waals surface area contributed by atoms with Crippen LogP contribution in [0.5, 0.6) is 0 Å². The molecule has 4 nitrogen and oxygen atoms in total. The Kier molecular flexibility index (Phi) is 3.00. The lowest BCUT2D eigenvalue weighted by atomic mass is 10.1. The van der Waals surface area contributed by atoms with Crippen molar-refractivity contribution in [1.29, 1.82) is 0 Å². The van der Waals surface area contributed by atoms with Crippen LogP contribution in [0.15, 0.2) is 40.2 Å². The van der Waals surface area contributed by atoms with E-state index in [0.29, 0.717) is 23.8 Å². The van der Waals surface area contributed by atoms with Crippen molar-refractivity contribution in [2.45, 2.75) is 6.42 Å². The molecule has 3 aromatic rings. The summed E-state index contributed by atoms with van der Waals surface area (Å²) in [6.45, 7) is 0. The quantitative estimate of drug-likeness (QED) is 0.797. The number of aromatic nitrogens is 2. The maximum atomic E-state index is 13.1. The van der Waals surface area contributed by atoms with Crippen LogP contribution in [0.1, 0.15) is 11.4 Å². The van der Waals surface area contributed by atoms with E-state index in [1.165, 1.54) is 23.5 Å². The van der Waals surface area contributed by atoms with Gasteiger partial charge < -0.3 is 10.3 Å². The van der Waals surface area contributed by atoms with Gasteiger partial charge in [-0.05, 0) is 29.1 Å². The van der Waals surface area contributed by atoms with E-state index in [-0.39, 0.29) is 5.82 Å². The van der Waals surface area contributed by atoms with Gasteiger partial charge in [-0.15, -0.1) is 11.3 Å². The normalized spacial score (nSPS) is 10.8. The van der Waals surface area contributed by atoms with E-state index in [0.717, 1.165) is 10.4 Å². The second-order valence-electron chi connectivity index (χ2n) is 4.03. The van der Waals surface area contributed by atoms with Crippen molar-refractivity contribution in [3.63, 3.8) is 0 Å². The van der Waals surface area contributed by atoms with E-state index in [4.69, 9.17) is 10.3 Å². The van der Waals surface area contributed by atoms with Gasteiger partial charge in [-0.1, -0.05) is 17.3 Å². The van der Waals surface area contributed by atoms with Crippen molar-refractivity contribution >= 4 is 17.0 Å². The fourth-order valence-electron chi connectivity index (χ4n) is 1.74. The molecular weight excluding hydrogens is 265 g/mol. The molecule has 0 saturated carbocycles. The Bertz CT molecular complexity index is 707. The van der Waals surface area contributed by atoms with Crippen molar-refractivity contribution in [3.05, 3.63) is 52.9 Å². The lowest BCUT2D eigenvalue weighted by Gasteiger charge is -1.95. The van der Waals surface area contributed by atoms with Crippen molar-refractivity contribution in [2.24, 2.45) is 0 Å². The molecule has 0 aliphatic carbocycles. The first-order valence-corrected chi connectivity index (χ1v) is 6.51. The summed E-state index contributed by atoms with van der Waals surface area (Å²) in [6.07, 6.45) is 0.423. The summed E-state index contributed by atoms with van der Waals surface area (Å²) >= 11 is 1.44. The zero-order chi connectivity index (χ0) is 13.2. The summed E-state index contributed by atoms with van der Waals surface area (Å²) in [7, 11) is 0. The molecule has 96 valence electrons. The van der Waals surface area contributed by atoms with E-state index in [1.807, 2.05) is 11.4 Å². The molecule has 0 fully saturated rings. The first-order valence-electron chi connectivity index (χ1n) is 5.63. The number of anilines is 1. The number of nitrogen functional groups attached to an aromatic ring is 1. The Labute approximate surface area is 112 Å². The standard InChI is InChI=1S/C13H10FN3OS/c14-9-3-1-2-8(6-9)7-11-16-13(18-17-11)12-10(15)4-5-19-12/h1-6H,7,15H2. The summed E-state index contributed by atoms with van der Waals surface area (Å²) in [5.41, 5.74) is 7.20. The van der Waals surface area contributed by atoms with Crippen molar-refractivity contribution in [2.75, 3.05) is 5.73 Å². The third-order valence-electron chi connectivity index (χ3n) is 2.61. The largest absolute Gasteiger partial charge is 0.397 e. The molecule has 0 amide bonds. The molecule has 0 saturated heterocycles. The zero-order valence-electron chi connectivity index (χ0n) is 9.84. The highest BCUT2D eigenvalue weighted by Gasteiger charge is 2.13. The predicted octanol–water partition coefficient (Wildman–Crippen LogP) is 3.11. The van der Waals surface area contributed by atoms with Crippen LogP contribution in [0.25, 0.3) is 10.8 Å². The molecule has 0 radical (unpaired) electrons. The zero-order valence-corrected chi connectivity index (χ0v) is 10.7. The van der Waals surface area contributed by atoms with Gasteiger partial charge in [0.25, 0.3) is 5.89 Å². The van der Waals surface area contributed by atoms with Gasteiger partial charge >= 0.3 is 0 Å².